The van der Waals surface area contributed by atoms with Gasteiger partial charge in [-0.1, -0.05) is 0 Å². The molecule has 106 valence electrons. The zero-order valence-corrected chi connectivity index (χ0v) is 9.26. The number of halogens is 5. The zero-order chi connectivity index (χ0) is 15.0. The molecule has 4 nitrogen and oxygen atoms in total. The van der Waals surface area contributed by atoms with Crippen LogP contribution in [-0.4, -0.2) is 23.2 Å². The molecule has 1 aromatic rings. The van der Waals surface area contributed by atoms with Gasteiger partial charge < -0.3 is 16.6 Å². The number of nitrogen functional groups attached to an aromatic ring is 2. The summed E-state index contributed by atoms with van der Waals surface area (Å²) in [6.07, 6.45) is -7.65. The summed E-state index contributed by atoms with van der Waals surface area (Å²) in [5, 5.41) is 8.78. The number of carbonyl (C=O) groups is 1. The molecule has 5 N–H and O–H groups in total. The van der Waals surface area contributed by atoms with Crippen LogP contribution in [0.2, 0.25) is 0 Å². The lowest BCUT2D eigenvalue weighted by atomic mass is 9.98. The van der Waals surface area contributed by atoms with Gasteiger partial charge in [-0.15, -0.1) is 0 Å². The van der Waals surface area contributed by atoms with Crippen molar-refractivity contribution in [3.63, 3.8) is 0 Å². The first-order valence-electron chi connectivity index (χ1n) is 4.81. The maximum Gasteiger partial charge on any atom is 0.453 e. The van der Waals surface area contributed by atoms with Crippen LogP contribution >= 0.6 is 0 Å². The third-order valence-electron chi connectivity index (χ3n) is 2.35. The SMILES string of the molecule is Nc1cc(N)c(CC(F)(F)C(F)(F)F)c(C(=O)O)c1. The van der Waals surface area contributed by atoms with E-state index >= 15 is 0 Å². The lowest BCUT2D eigenvalue weighted by molar-refractivity contribution is -0.281. The predicted octanol–water partition coefficient (Wildman–Crippen LogP) is 2.29. The topological polar surface area (TPSA) is 89.3 Å². The van der Waals surface area contributed by atoms with Crippen molar-refractivity contribution in [3.05, 3.63) is 23.3 Å². The maximum atomic E-state index is 12.9. The standard InChI is InChI=1S/C10H9F5N2O2/c11-9(12,10(13,14)15)3-6-5(8(18)19)1-4(16)2-7(6)17/h1-2H,3,16-17H2,(H,18,19). The summed E-state index contributed by atoms with van der Waals surface area (Å²) in [5.41, 5.74) is 8.28. The Hall–Kier alpha value is -2.06. The number of carboxylic acids is 1. The Morgan fingerprint density at radius 2 is 1.68 bits per heavy atom. The normalized spacial score (nSPS) is 12.5. The average Bonchev–Trinajstić information content (AvgIpc) is 2.19. The molecule has 0 heterocycles. The molecule has 0 fully saturated rings. The van der Waals surface area contributed by atoms with Crippen molar-refractivity contribution in [2.45, 2.75) is 18.5 Å². The Kier molecular flexibility index (Phi) is 3.60. The highest BCUT2D eigenvalue weighted by molar-refractivity contribution is 5.92. The third-order valence-corrected chi connectivity index (χ3v) is 2.35. The van der Waals surface area contributed by atoms with E-state index in [0.717, 1.165) is 12.1 Å². The molecule has 0 saturated carbocycles. The Bertz CT molecular complexity index is 513. The molecule has 0 saturated heterocycles. The van der Waals surface area contributed by atoms with Crippen molar-refractivity contribution in [1.29, 1.82) is 0 Å². The van der Waals surface area contributed by atoms with E-state index < -0.39 is 41.3 Å². The van der Waals surface area contributed by atoms with Crippen LogP contribution in [0.1, 0.15) is 15.9 Å². The highest BCUT2D eigenvalue weighted by atomic mass is 19.4. The number of carboxylic acid groups (broad SMARTS) is 1. The van der Waals surface area contributed by atoms with Gasteiger partial charge in [0.05, 0.1) is 5.56 Å². The van der Waals surface area contributed by atoms with Crippen molar-refractivity contribution in [2.24, 2.45) is 0 Å². The molecule has 0 aliphatic rings. The van der Waals surface area contributed by atoms with Gasteiger partial charge in [-0.05, 0) is 17.7 Å². The number of nitrogens with two attached hydrogens (primary N) is 2. The third kappa shape index (κ3) is 3.04. The summed E-state index contributed by atoms with van der Waals surface area (Å²) in [4.78, 5) is 10.8. The fourth-order valence-electron chi connectivity index (χ4n) is 1.43. The minimum atomic E-state index is -5.80. The van der Waals surface area contributed by atoms with Crippen LogP contribution in [0.5, 0.6) is 0 Å². The molecule has 1 rings (SSSR count). The summed E-state index contributed by atoms with van der Waals surface area (Å²) in [7, 11) is 0. The van der Waals surface area contributed by atoms with E-state index in [2.05, 4.69) is 0 Å². The molecule has 0 amide bonds. The van der Waals surface area contributed by atoms with Gasteiger partial charge in [0.2, 0.25) is 0 Å². The Balaban J connectivity index is 3.32. The van der Waals surface area contributed by atoms with Gasteiger partial charge in [0, 0.05) is 17.8 Å². The van der Waals surface area contributed by atoms with Crippen LogP contribution in [0.25, 0.3) is 0 Å². The van der Waals surface area contributed by atoms with E-state index in [1.165, 1.54) is 0 Å². The minimum Gasteiger partial charge on any atom is -0.478 e. The molecule has 0 unspecified atom stereocenters. The van der Waals surface area contributed by atoms with Crippen molar-refractivity contribution < 1.29 is 31.9 Å². The first kappa shape index (κ1) is 15.0. The van der Waals surface area contributed by atoms with Crippen molar-refractivity contribution in [1.82, 2.24) is 0 Å². The fraction of sp³-hybridized carbons (Fsp3) is 0.300. The number of alkyl halides is 5. The van der Waals surface area contributed by atoms with Crippen LogP contribution in [0.15, 0.2) is 12.1 Å². The van der Waals surface area contributed by atoms with E-state index in [9.17, 15) is 26.7 Å². The van der Waals surface area contributed by atoms with Gasteiger partial charge in [-0.3, -0.25) is 0 Å². The molecule has 0 radical (unpaired) electrons. The van der Waals surface area contributed by atoms with Crippen molar-refractivity contribution in [3.8, 4) is 0 Å². The zero-order valence-electron chi connectivity index (χ0n) is 9.26. The predicted molar refractivity (Wildman–Crippen MR) is 56.9 cm³/mol. The van der Waals surface area contributed by atoms with E-state index in [4.69, 9.17) is 16.6 Å². The molecule has 19 heavy (non-hydrogen) atoms. The van der Waals surface area contributed by atoms with E-state index in [0.29, 0.717) is 0 Å². The highest BCUT2D eigenvalue weighted by Gasteiger charge is 2.57. The molecule has 0 spiro atoms. The van der Waals surface area contributed by atoms with E-state index in [-0.39, 0.29) is 5.69 Å². The first-order valence-corrected chi connectivity index (χ1v) is 4.81. The largest absolute Gasteiger partial charge is 0.478 e. The van der Waals surface area contributed by atoms with E-state index in [1.54, 1.807) is 0 Å². The molecule has 0 aliphatic carbocycles. The van der Waals surface area contributed by atoms with Crippen LogP contribution in [0, 0.1) is 0 Å². The second-order valence-electron chi connectivity index (χ2n) is 3.82. The van der Waals surface area contributed by atoms with Crippen LogP contribution < -0.4 is 11.5 Å². The monoisotopic (exact) mass is 284 g/mol. The van der Waals surface area contributed by atoms with Gasteiger partial charge >= 0.3 is 18.1 Å². The van der Waals surface area contributed by atoms with Gasteiger partial charge in [-0.25, -0.2) is 4.79 Å². The molecule has 9 heteroatoms. The average molecular weight is 284 g/mol. The van der Waals surface area contributed by atoms with Crippen molar-refractivity contribution >= 4 is 17.3 Å². The van der Waals surface area contributed by atoms with Crippen LogP contribution in [0.4, 0.5) is 33.3 Å². The number of rotatable bonds is 3. The summed E-state index contributed by atoms with van der Waals surface area (Å²) in [6, 6.07) is 1.70. The number of benzene rings is 1. The van der Waals surface area contributed by atoms with E-state index in [1.807, 2.05) is 0 Å². The van der Waals surface area contributed by atoms with Crippen molar-refractivity contribution in [2.75, 3.05) is 11.5 Å². The van der Waals surface area contributed by atoms with Gasteiger partial charge in [0.15, 0.2) is 0 Å². The van der Waals surface area contributed by atoms with Gasteiger partial charge in [0.1, 0.15) is 0 Å². The minimum absolute atomic E-state index is 0.144. The second-order valence-corrected chi connectivity index (χ2v) is 3.82. The fourth-order valence-corrected chi connectivity index (χ4v) is 1.43. The van der Waals surface area contributed by atoms with Crippen LogP contribution in [0.3, 0.4) is 0 Å². The Labute approximate surface area is 103 Å². The lowest BCUT2D eigenvalue weighted by Crippen LogP contribution is -2.39. The molecule has 0 aliphatic heterocycles. The maximum absolute atomic E-state index is 12.9. The molecular formula is C10H9F5N2O2. The summed E-state index contributed by atoms with van der Waals surface area (Å²) >= 11 is 0. The quantitative estimate of drug-likeness (QED) is 0.587. The van der Waals surface area contributed by atoms with Crippen LogP contribution in [-0.2, 0) is 6.42 Å². The second kappa shape index (κ2) is 4.56. The summed E-state index contributed by atoms with van der Waals surface area (Å²) < 4.78 is 62.2. The van der Waals surface area contributed by atoms with Gasteiger partial charge in [-0.2, -0.15) is 22.0 Å². The molecular weight excluding hydrogens is 275 g/mol. The number of aromatic carboxylic acids is 1. The van der Waals surface area contributed by atoms with Gasteiger partial charge in [0.25, 0.3) is 0 Å². The smallest absolute Gasteiger partial charge is 0.453 e. The molecule has 0 aromatic heterocycles. The lowest BCUT2D eigenvalue weighted by Gasteiger charge is -2.21. The summed E-state index contributed by atoms with van der Waals surface area (Å²) in [6.45, 7) is 0. The molecule has 0 atom stereocenters. The number of anilines is 2. The summed E-state index contributed by atoms with van der Waals surface area (Å²) in [5.74, 6) is -6.77. The first-order chi connectivity index (χ1) is 8.45. The number of hydrogen-bond acceptors (Lipinski definition) is 3. The number of hydrogen-bond donors (Lipinski definition) is 3. The Morgan fingerprint density at radius 1 is 1.16 bits per heavy atom. The molecule has 1 aromatic carbocycles. The highest BCUT2D eigenvalue weighted by Crippen LogP contribution is 2.40. The molecule has 0 bridgehead atoms. The Morgan fingerprint density at radius 3 is 2.11 bits per heavy atom.